The van der Waals surface area contributed by atoms with Crippen molar-refractivity contribution in [2.45, 2.75) is 12.3 Å². The van der Waals surface area contributed by atoms with Gasteiger partial charge in [-0.3, -0.25) is 0 Å². The maximum absolute atomic E-state index is 5.82. The van der Waals surface area contributed by atoms with Crippen LogP contribution >= 0.6 is 11.6 Å². The van der Waals surface area contributed by atoms with Crippen molar-refractivity contribution in [2.24, 2.45) is 0 Å². The van der Waals surface area contributed by atoms with E-state index in [2.05, 4.69) is 15.4 Å². The predicted molar refractivity (Wildman–Crippen MR) is 56.8 cm³/mol. The van der Waals surface area contributed by atoms with E-state index in [1.54, 1.807) is 10.7 Å². The van der Waals surface area contributed by atoms with Crippen LogP contribution in [0, 0.1) is 0 Å². The largest absolute Gasteiger partial charge is 0.368 e. The van der Waals surface area contributed by atoms with Crippen molar-refractivity contribution in [3.05, 3.63) is 24.5 Å². The highest BCUT2D eigenvalue weighted by atomic mass is 35.5. The van der Waals surface area contributed by atoms with Gasteiger partial charge in [0.25, 0.3) is 0 Å². The highest BCUT2D eigenvalue weighted by Crippen LogP contribution is 2.06. The summed E-state index contributed by atoms with van der Waals surface area (Å²) >= 11 is 5.82. The zero-order valence-electron chi connectivity index (χ0n) is 7.81. The standard InChI is InChI=1S/C9H11ClN4/c1-7(10)6-11-8-3-5-14-9(13-8)2-4-12-14/h2-5,7H,6H2,1H3,(H,11,13). The molecule has 2 aromatic heterocycles. The topological polar surface area (TPSA) is 42.2 Å². The fourth-order valence-electron chi connectivity index (χ4n) is 1.16. The van der Waals surface area contributed by atoms with Gasteiger partial charge in [-0.25, -0.2) is 9.50 Å². The first-order valence-electron chi connectivity index (χ1n) is 4.44. The van der Waals surface area contributed by atoms with Gasteiger partial charge >= 0.3 is 0 Å². The molecule has 5 heteroatoms. The number of hydrogen-bond donors (Lipinski definition) is 1. The molecule has 0 fully saturated rings. The molecule has 0 radical (unpaired) electrons. The zero-order valence-corrected chi connectivity index (χ0v) is 8.57. The number of rotatable bonds is 3. The minimum Gasteiger partial charge on any atom is -0.368 e. The molecule has 0 saturated carbocycles. The van der Waals surface area contributed by atoms with E-state index in [1.807, 2.05) is 25.3 Å². The van der Waals surface area contributed by atoms with Gasteiger partial charge in [-0.2, -0.15) is 5.10 Å². The Morgan fingerprint density at radius 1 is 1.57 bits per heavy atom. The average molecular weight is 211 g/mol. The molecule has 1 unspecified atom stereocenters. The van der Waals surface area contributed by atoms with Gasteiger partial charge in [-0.15, -0.1) is 11.6 Å². The fourth-order valence-corrected chi connectivity index (χ4v) is 1.23. The summed E-state index contributed by atoms with van der Waals surface area (Å²) in [5, 5.41) is 7.29. The summed E-state index contributed by atoms with van der Waals surface area (Å²) in [5.41, 5.74) is 0.831. The van der Waals surface area contributed by atoms with Gasteiger partial charge in [0, 0.05) is 24.2 Å². The molecule has 0 aliphatic rings. The van der Waals surface area contributed by atoms with Gasteiger partial charge in [0.2, 0.25) is 0 Å². The Hall–Kier alpha value is -1.29. The van der Waals surface area contributed by atoms with Crippen molar-refractivity contribution in [1.29, 1.82) is 0 Å². The van der Waals surface area contributed by atoms with Crippen LogP contribution in [0.2, 0.25) is 0 Å². The van der Waals surface area contributed by atoms with E-state index in [-0.39, 0.29) is 5.38 Å². The summed E-state index contributed by atoms with van der Waals surface area (Å²) in [6.07, 6.45) is 3.58. The molecule has 0 saturated heterocycles. The molecular weight excluding hydrogens is 200 g/mol. The predicted octanol–water partition coefficient (Wildman–Crippen LogP) is 1.77. The molecule has 74 valence electrons. The molecular formula is C9H11ClN4. The molecule has 14 heavy (non-hydrogen) atoms. The Morgan fingerprint density at radius 3 is 3.21 bits per heavy atom. The van der Waals surface area contributed by atoms with Crippen LogP contribution in [0.3, 0.4) is 0 Å². The lowest BCUT2D eigenvalue weighted by Crippen LogP contribution is -2.11. The van der Waals surface area contributed by atoms with Crippen LogP contribution in [-0.4, -0.2) is 26.5 Å². The number of aromatic nitrogens is 3. The normalized spacial score (nSPS) is 13.0. The first-order valence-corrected chi connectivity index (χ1v) is 4.88. The summed E-state index contributed by atoms with van der Waals surface area (Å²) in [5.74, 6) is 0.825. The van der Waals surface area contributed by atoms with Gasteiger partial charge in [0.15, 0.2) is 5.65 Å². The van der Waals surface area contributed by atoms with E-state index in [4.69, 9.17) is 11.6 Å². The van der Waals surface area contributed by atoms with Gasteiger partial charge < -0.3 is 5.32 Å². The summed E-state index contributed by atoms with van der Waals surface area (Å²) < 4.78 is 1.72. The highest BCUT2D eigenvalue weighted by molar-refractivity contribution is 6.20. The number of fused-ring (bicyclic) bond motifs is 1. The minimum absolute atomic E-state index is 0.0953. The van der Waals surface area contributed by atoms with Crippen LogP contribution in [0.25, 0.3) is 5.65 Å². The van der Waals surface area contributed by atoms with Gasteiger partial charge in [-0.1, -0.05) is 0 Å². The quantitative estimate of drug-likeness (QED) is 0.786. The molecule has 0 amide bonds. The summed E-state index contributed by atoms with van der Waals surface area (Å²) in [7, 11) is 0. The molecule has 1 atom stereocenters. The van der Waals surface area contributed by atoms with Crippen LogP contribution in [0.15, 0.2) is 24.5 Å². The van der Waals surface area contributed by atoms with Crippen molar-refractivity contribution in [3.8, 4) is 0 Å². The summed E-state index contributed by atoms with van der Waals surface area (Å²) in [6, 6.07) is 3.73. The van der Waals surface area contributed by atoms with Crippen molar-refractivity contribution in [3.63, 3.8) is 0 Å². The molecule has 1 N–H and O–H groups in total. The van der Waals surface area contributed by atoms with Crippen LogP contribution < -0.4 is 5.32 Å². The van der Waals surface area contributed by atoms with Gasteiger partial charge in [0.05, 0.1) is 6.20 Å². The number of hydrogen-bond acceptors (Lipinski definition) is 3. The van der Waals surface area contributed by atoms with Crippen LogP contribution in [0.5, 0.6) is 0 Å². The smallest absolute Gasteiger partial charge is 0.157 e. The summed E-state index contributed by atoms with van der Waals surface area (Å²) in [6.45, 7) is 2.64. The van der Waals surface area contributed by atoms with Crippen molar-refractivity contribution < 1.29 is 0 Å². The third-order valence-corrected chi connectivity index (χ3v) is 1.98. The molecule has 2 rings (SSSR count). The molecule has 0 aliphatic heterocycles. The minimum atomic E-state index is 0.0953. The number of nitrogens with one attached hydrogen (secondary N) is 1. The maximum Gasteiger partial charge on any atom is 0.157 e. The third kappa shape index (κ3) is 1.96. The highest BCUT2D eigenvalue weighted by Gasteiger charge is 1.99. The van der Waals surface area contributed by atoms with E-state index >= 15 is 0 Å². The first-order chi connectivity index (χ1) is 6.75. The monoisotopic (exact) mass is 210 g/mol. The van der Waals surface area contributed by atoms with E-state index in [9.17, 15) is 0 Å². The Morgan fingerprint density at radius 2 is 2.43 bits per heavy atom. The first kappa shape index (κ1) is 9.27. The van der Waals surface area contributed by atoms with E-state index in [0.717, 1.165) is 11.5 Å². The third-order valence-electron chi connectivity index (χ3n) is 1.82. The van der Waals surface area contributed by atoms with Crippen LogP contribution in [0.4, 0.5) is 5.82 Å². The number of alkyl halides is 1. The van der Waals surface area contributed by atoms with Gasteiger partial charge in [0.1, 0.15) is 5.82 Å². The maximum atomic E-state index is 5.82. The number of anilines is 1. The molecule has 0 spiro atoms. The second-order valence-corrected chi connectivity index (χ2v) is 3.85. The lowest BCUT2D eigenvalue weighted by Gasteiger charge is -2.06. The SMILES string of the molecule is CC(Cl)CNc1ccn2nccc2n1. The Bertz CT molecular complexity index is 423. The Labute approximate surface area is 86.9 Å². The Kier molecular flexibility index (Phi) is 2.54. The number of halogens is 1. The summed E-state index contributed by atoms with van der Waals surface area (Å²) in [4.78, 5) is 4.34. The lowest BCUT2D eigenvalue weighted by atomic mass is 10.4. The molecule has 2 heterocycles. The second-order valence-electron chi connectivity index (χ2n) is 3.11. The van der Waals surface area contributed by atoms with Crippen molar-refractivity contribution >= 4 is 23.1 Å². The van der Waals surface area contributed by atoms with E-state index in [1.165, 1.54) is 0 Å². The van der Waals surface area contributed by atoms with E-state index < -0.39 is 0 Å². The molecule has 0 aromatic carbocycles. The van der Waals surface area contributed by atoms with Crippen molar-refractivity contribution in [1.82, 2.24) is 14.6 Å². The molecule has 4 nitrogen and oxygen atoms in total. The number of nitrogens with zero attached hydrogens (tertiary/aromatic N) is 3. The van der Waals surface area contributed by atoms with Crippen molar-refractivity contribution in [2.75, 3.05) is 11.9 Å². The van der Waals surface area contributed by atoms with E-state index in [0.29, 0.717) is 6.54 Å². The fraction of sp³-hybridized carbons (Fsp3) is 0.333. The second kappa shape index (κ2) is 3.84. The molecule has 0 bridgehead atoms. The lowest BCUT2D eigenvalue weighted by molar-refractivity contribution is 0.928. The van der Waals surface area contributed by atoms with Gasteiger partial charge in [-0.05, 0) is 13.0 Å². The molecule has 0 aliphatic carbocycles. The van der Waals surface area contributed by atoms with Crippen LogP contribution in [0.1, 0.15) is 6.92 Å². The van der Waals surface area contributed by atoms with Crippen LogP contribution in [-0.2, 0) is 0 Å². The average Bonchev–Trinajstić information content (AvgIpc) is 2.61. The molecule has 2 aromatic rings. The Balaban J connectivity index is 2.17. The zero-order chi connectivity index (χ0) is 9.97.